The number of hydrogen-bond donors (Lipinski definition) is 1. The summed E-state index contributed by atoms with van der Waals surface area (Å²) in [6, 6.07) is 8.98. The van der Waals surface area contributed by atoms with E-state index in [0.29, 0.717) is 5.92 Å². The molecule has 0 spiro atoms. The molecular formula is C19H29N. The fraction of sp³-hybridized carbons (Fsp3) is 0.684. The molecule has 0 amide bonds. The van der Waals surface area contributed by atoms with Crippen LogP contribution in [0.3, 0.4) is 0 Å². The highest BCUT2D eigenvalue weighted by atomic mass is 14.8. The van der Waals surface area contributed by atoms with Crippen LogP contribution >= 0.6 is 0 Å². The molecule has 2 N–H and O–H groups in total. The molecule has 20 heavy (non-hydrogen) atoms. The molecule has 1 aromatic carbocycles. The summed E-state index contributed by atoms with van der Waals surface area (Å²) in [6.45, 7) is 2.19. The van der Waals surface area contributed by atoms with Gasteiger partial charge in [-0.05, 0) is 37.2 Å². The van der Waals surface area contributed by atoms with Crippen LogP contribution in [0.1, 0.15) is 68.9 Å². The Morgan fingerprint density at radius 1 is 1.00 bits per heavy atom. The van der Waals surface area contributed by atoms with E-state index in [1.54, 1.807) is 0 Å². The van der Waals surface area contributed by atoms with Crippen molar-refractivity contribution < 1.29 is 0 Å². The summed E-state index contributed by atoms with van der Waals surface area (Å²) in [6.07, 6.45) is 12.3. The third kappa shape index (κ3) is 2.65. The summed E-state index contributed by atoms with van der Waals surface area (Å²) in [7, 11) is 0. The van der Waals surface area contributed by atoms with Crippen molar-refractivity contribution in [2.24, 2.45) is 17.6 Å². The second-order valence-electron chi connectivity index (χ2n) is 7.16. The topological polar surface area (TPSA) is 26.0 Å². The molecule has 1 aromatic rings. The van der Waals surface area contributed by atoms with Gasteiger partial charge >= 0.3 is 0 Å². The quantitative estimate of drug-likeness (QED) is 0.811. The third-order valence-electron chi connectivity index (χ3n) is 5.79. The van der Waals surface area contributed by atoms with E-state index in [4.69, 9.17) is 5.73 Å². The van der Waals surface area contributed by atoms with Crippen molar-refractivity contribution in [3.8, 4) is 0 Å². The van der Waals surface area contributed by atoms with Crippen LogP contribution < -0.4 is 5.73 Å². The Kier molecular flexibility index (Phi) is 4.16. The van der Waals surface area contributed by atoms with Gasteiger partial charge in [-0.25, -0.2) is 0 Å². The maximum atomic E-state index is 7.02. The first-order valence-electron chi connectivity index (χ1n) is 8.56. The summed E-state index contributed by atoms with van der Waals surface area (Å²) in [5.74, 6) is 1.58. The van der Waals surface area contributed by atoms with Crippen molar-refractivity contribution in [2.75, 3.05) is 0 Å². The van der Waals surface area contributed by atoms with Gasteiger partial charge in [0.25, 0.3) is 0 Å². The van der Waals surface area contributed by atoms with Gasteiger partial charge in [-0.15, -0.1) is 0 Å². The normalized spacial score (nSPS) is 32.2. The summed E-state index contributed by atoms with van der Waals surface area (Å²) in [4.78, 5) is 0. The van der Waals surface area contributed by atoms with E-state index in [2.05, 4.69) is 31.2 Å². The van der Waals surface area contributed by atoms with Crippen LogP contribution in [0.2, 0.25) is 0 Å². The molecule has 3 rings (SSSR count). The smallest absolute Gasteiger partial charge is 0.0440 e. The number of hydrogen-bond acceptors (Lipinski definition) is 1. The zero-order valence-corrected chi connectivity index (χ0v) is 12.9. The Hall–Kier alpha value is -0.820. The minimum atomic E-state index is -0.0632. The van der Waals surface area contributed by atoms with Crippen molar-refractivity contribution in [1.82, 2.24) is 0 Å². The van der Waals surface area contributed by atoms with Gasteiger partial charge in [-0.3, -0.25) is 0 Å². The highest BCUT2D eigenvalue weighted by Gasteiger charge is 2.42. The molecule has 2 atom stereocenters. The predicted octanol–water partition coefficient (Wildman–Crippen LogP) is 4.92. The van der Waals surface area contributed by atoms with Crippen molar-refractivity contribution in [3.05, 3.63) is 35.4 Å². The van der Waals surface area contributed by atoms with Gasteiger partial charge in [0.2, 0.25) is 0 Å². The number of aryl methyl sites for hydroxylation is 1. The van der Waals surface area contributed by atoms with E-state index in [1.807, 2.05) is 0 Å². The molecular weight excluding hydrogens is 242 g/mol. The lowest BCUT2D eigenvalue weighted by Gasteiger charge is -2.47. The van der Waals surface area contributed by atoms with E-state index in [9.17, 15) is 0 Å². The fourth-order valence-corrected chi connectivity index (χ4v) is 4.71. The highest BCUT2D eigenvalue weighted by Crippen LogP contribution is 2.47. The van der Waals surface area contributed by atoms with E-state index >= 15 is 0 Å². The van der Waals surface area contributed by atoms with Crippen molar-refractivity contribution in [1.29, 1.82) is 0 Å². The molecule has 0 heterocycles. The number of benzene rings is 1. The second kappa shape index (κ2) is 5.89. The van der Waals surface area contributed by atoms with Crippen LogP contribution in [-0.2, 0) is 5.54 Å². The summed E-state index contributed by atoms with van der Waals surface area (Å²) >= 11 is 0. The molecule has 2 fully saturated rings. The van der Waals surface area contributed by atoms with Gasteiger partial charge in [-0.1, -0.05) is 74.8 Å². The van der Waals surface area contributed by atoms with E-state index in [-0.39, 0.29) is 5.54 Å². The van der Waals surface area contributed by atoms with Crippen LogP contribution in [-0.4, -0.2) is 0 Å². The SMILES string of the molecule is Cc1cccc(C2(N)CCCCC2C2CCCCC2)c1. The number of rotatable bonds is 2. The first kappa shape index (κ1) is 14.1. The minimum absolute atomic E-state index is 0.0632. The minimum Gasteiger partial charge on any atom is -0.321 e. The van der Waals surface area contributed by atoms with Gasteiger partial charge < -0.3 is 5.73 Å². The molecule has 0 bridgehead atoms. The lowest BCUT2D eigenvalue weighted by Crippen LogP contribution is -2.49. The Morgan fingerprint density at radius 2 is 1.75 bits per heavy atom. The average molecular weight is 271 g/mol. The van der Waals surface area contributed by atoms with Crippen LogP contribution in [0, 0.1) is 18.8 Å². The summed E-state index contributed by atoms with van der Waals surface area (Å²) in [5.41, 5.74) is 9.70. The Bertz CT molecular complexity index is 447. The van der Waals surface area contributed by atoms with E-state index in [1.165, 1.54) is 68.9 Å². The van der Waals surface area contributed by atoms with Crippen LogP contribution in [0.4, 0.5) is 0 Å². The van der Waals surface area contributed by atoms with E-state index < -0.39 is 0 Å². The van der Waals surface area contributed by atoms with Crippen molar-refractivity contribution in [3.63, 3.8) is 0 Å². The molecule has 1 heteroatoms. The fourth-order valence-electron chi connectivity index (χ4n) is 4.71. The Balaban J connectivity index is 1.90. The molecule has 2 unspecified atom stereocenters. The van der Waals surface area contributed by atoms with Crippen LogP contribution in [0.25, 0.3) is 0 Å². The molecule has 1 nitrogen and oxygen atoms in total. The van der Waals surface area contributed by atoms with Crippen LogP contribution in [0.15, 0.2) is 24.3 Å². The van der Waals surface area contributed by atoms with Gasteiger partial charge in [0, 0.05) is 5.54 Å². The zero-order chi connectivity index (χ0) is 14.0. The first-order chi connectivity index (χ1) is 9.70. The third-order valence-corrected chi connectivity index (χ3v) is 5.79. The van der Waals surface area contributed by atoms with Gasteiger partial charge in [0.05, 0.1) is 0 Å². The molecule has 110 valence electrons. The van der Waals surface area contributed by atoms with Gasteiger partial charge in [-0.2, -0.15) is 0 Å². The monoisotopic (exact) mass is 271 g/mol. The second-order valence-corrected chi connectivity index (χ2v) is 7.16. The molecule has 0 saturated heterocycles. The van der Waals surface area contributed by atoms with E-state index in [0.717, 1.165) is 5.92 Å². The zero-order valence-electron chi connectivity index (χ0n) is 12.9. The molecule has 0 aliphatic heterocycles. The number of nitrogens with two attached hydrogens (primary N) is 1. The first-order valence-corrected chi connectivity index (χ1v) is 8.56. The Labute approximate surface area is 124 Å². The predicted molar refractivity (Wildman–Crippen MR) is 85.6 cm³/mol. The maximum absolute atomic E-state index is 7.02. The largest absolute Gasteiger partial charge is 0.321 e. The molecule has 0 radical (unpaired) electrons. The van der Waals surface area contributed by atoms with Crippen LogP contribution in [0.5, 0.6) is 0 Å². The molecule has 0 aromatic heterocycles. The van der Waals surface area contributed by atoms with Crippen molar-refractivity contribution >= 4 is 0 Å². The maximum Gasteiger partial charge on any atom is 0.0440 e. The molecule has 2 aliphatic rings. The lowest BCUT2D eigenvalue weighted by atomic mass is 9.62. The summed E-state index contributed by atoms with van der Waals surface area (Å²) < 4.78 is 0. The standard InChI is InChI=1S/C19H29N/c1-15-8-7-11-17(14-15)19(20)13-6-5-12-18(19)16-9-3-2-4-10-16/h7-8,11,14,16,18H,2-6,9-10,12-13,20H2,1H3. The average Bonchev–Trinajstić information content (AvgIpc) is 2.49. The summed E-state index contributed by atoms with van der Waals surface area (Å²) in [5, 5.41) is 0. The molecule has 2 saturated carbocycles. The van der Waals surface area contributed by atoms with Gasteiger partial charge in [0.15, 0.2) is 0 Å². The van der Waals surface area contributed by atoms with Crippen molar-refractivity contribution in [2.45, 2.75) is 70.3 Å². The lowest BCUT2D eigenvalue weighted by molar-refractivity contribution is 0.0985. The Morgan fingerprint density at radius 3 is 2.50 bits per heavy atom. The molecule has 2 aliphatic carbocycles. The van der Waals surface area contributed by atoms with Gasteiger partial charge in [0.1, 0.15) is 0 Å². The highest BCUT2D eigenvalue weighted by molar-refractivity contribution is 5.30.